The topological polar surface area (TPSA) is 71.8 Å². The molecule has 24 heavy (non-hydrogen) atoms. The minimum absolute atomic E-state index is 0.00549. The zero-order chi connectivity index (χ0) is 17.4. The fraction of sp³-hybridized carbons (Fsp3) is 0.333. The molecule has 0 fully saturated rings. The van der Waals surface area contributed by atoms with E-state index < -0.39 is 0 Å². The zero-order valence-corrected chi connectivity index (χ0v) is 14.0. The van der Waals surface area contributed by atoms with E-state index in [9.17, 15) is 9.59 Å². The number of rotatable bonds is 8. The number of nitrogens with one attached hydrogen (secondary N) is 1. The highest BCUT2D eigenvalue weighted by molar-refractivity contribution is 5.95. The number of hydrogen-bond acceptors (Lipinski definition) is 4. The number of anilines is 1. The number of para-hydroxylation sites is 2. The molecule has 0 aliphatic carbocycles. The molecule has 6 heteroatoms. The summed E-state index contributed by atoms with van der Waals surface area (Å²) in [7, 11) is 1.54. The molecule has 0 aliphatic heterocycles. The number of carbonyl (C=O) groups excluding carboxylic acids is 2. The van der Waals surface area contributed by atoms with Gasteiger partial charge in [-0.2, -0.15) is 0 Å². The summed E-state index contributed by atoms with van der Waals surface area (Å²) in [6, 6.07) is 10.8. The van der Waals surface area contributed by atoms with Crippen molar-refractivity contribution in [1.29, 1.82) is 0 Å². The largest absolute Gasteiger partial charge is 0.495 e. The number of nitrogens with zero attached hydrogens (tertiary/aromatic N) is 1. The van der Waals surface area contributed by atoms with Gasteiger partial charge in [0.2, 0.25) is 11.8 Å². The summed E-state index contributed by atoms with van der Waals surface area (Å²) < 4.78 is 10.4. The van der Waals surface area contributed by atoms with Gasteiger partial charge in [0, 0.05) is 19.4 Å². The number of likely N-dealkylation sites (N-methyl/N-ethyl adjacent to an activating group) is 1. The van der Waals surface area contributed by atoms with Crippen LogP contribution >= 0.6 is 0 Å². The van der Waals surface area contributed by atoms with Crippen molar-refractivity contribution in [1.82, 2.24) is 4.90 Å². The molecule has 0 radical (unpaired) electrons. The van der Waals surface area contributed by atoms with Gasteiger partial charge in [-0.05, 0) is 31.2 Å². The Morgan fingerprint density at radius 3 is 2.67 bits per heavy atom. The number of aryl methyl sites for hydroxylation is 1. The van der Waals surface area contributed by atoms with Gasteiger partial charge in [-0.3, -0.25) is 9.59 Å². The summed E-state index contributed by atoms with van der Waals surface area (Å²) in [5, 5.41) is 2.77. The molecule has 2 amide bonds. The molecule has 1 N–H and O–H groups in total. The minimum Gasteiger partial charge on any atom is -0.495 e. The summed E-state index contributed by atoms with van der Waals surface area (Å²) in [5.41, 5.74) is 0.587. The average molecular weight is 330 g/mol. The lowest BCUT2D eigenvalue weighted by Crippen LogP contribution is -2.38. The fourth-order valence-electron chi connectivity index (χ4n) is 2.33. The average Bonchev–Trinajstić information content (AvgIpc) is 3.11. The Morgan fingerprint density at radius 1 is 1.21 bits per heavy atom. The summed E-state index contributed by atoms with van der Waals surface area (Å²) in [6.45, 7) is 2.32. The molecule has 128 valence electrons. The molecule has 2 aromatic rings. The smallest absolute Gasteiger partial charge is 0.244 e. The number of hydrogen-bond donors (Lipinski definition) is 1. The first-order valence-corrected chi connectivity index (χ1v) is 7.87. The van der Waals surface area contributed by atoms with Crippen molar-refractivity contribution >= 4 is 17.5 Å². The van der Waals surface area contributed by atoms with Crippen molar-refractivity contribution in [2.24, 2.45) is 0 Å². The van der Waals surface area contributed by atoms with Crippen LogP contribution < -0.4 is 10.1 Å². The third-order valence-corrected chi connectivity index (χ3v) is 3.62. The molecule has 0 saturated carbocycles. The molecule has 1 aromatic heterocycles. The van der Waals surface area contributed by atoms with E-state index in [1.807, 2.05) is 25.1 Å². The van der Waals surface area contributed by atoms with E-state index >= 15 is 0 Å². The molecule has 6 nitrogen and oxygen atoms in total. The molecule has 0 atom stereocenters. The van der Waals surface area contributed by atoms with Crippen LogP contribution in [0.3, 0.4) is 0 Å². The second-order valence-corrected chi connectivity index (χ2v) is 5.24. The normalized spacial score (nSPS) is 10.2. The van der Waals surface area contributed by atoms with Gasteiger partial charge >= 0.3 is 0 Å². The number of ether oxygens (including phenoxy) is 1. The van der Waals surface area contributed by atoms with Crippen molar-refractivity contribution in [3.63, 3.8) is 0 Å². The fourth-order valence-corrected chi connectivity index (χ4v) is 2.33. The van der Waals surface area contributed by atoms with Crippen molar-refractivity contribution in [2.45, 2.75) is 19.8 Å². The Labute approximate surface area is 141 Å². The highest BCUT2D eigenvalue weighted by atomic mass is 16.5. The number of methoxy groups -OCH3 is 1. The summed E-state index contributed by atoms with van der Waals surface area (Å²) >= 11 is 0. The van der Waals surface area contributed by atoms with Crippen LogP contribution in [0.2, 0.25) is 0 Å². The molecule has 0 saturated heterocycles. The van der Waals surface area contributed by atoms with Crippen LogP contribution in [-0.4, -0.2) is 36.9 Å². The first-order chi connectivity index (χ1) is 11.6. The van der Waals surface area contributed by atoms with E-state index in [-0.39, 0.29) is 18.4 Å². The van der Waals surface area contributed by atoms with Crippen LogP contribution in [0.4, 0.5) is 5.69 Å². The standard InChI is InChI=1S/C18H22N2O4/c1-3-20(18(22)11-10-14-7-6-12-24-14)13-17(21)19-15-8-4-5-9-16(15)23-2/h4-9,12H,3,10-11,13H2,1-2H3,(H,19,21). The van der Waals surface area contributed by atoms with Crippen LogP contribution in [0, 0.1) is 0 Å². The van der Waals surface area contributed by atoms with Gasteiger partial charge in [-0.25, -0.2) is 0 Å². The highest BCUT2D eigenvalue weighted by Gasteiger charge is 2.16. The van der Waals surface area contributed by atoms with E-state index in [2.05, 4.69) is 5.32 Å². The second kappa shape index (κ2) is 8.76. The zero-order valence-electron chi connectivity index (χ0n) is 14.0. The van der Waals surface area contributed by atoms with Gasteiger partial charge in [-0.1, -0.05) is 12.1 Å². The minimum atomic E-state index is -0.257. The second-order valence-electron chi connectivity index (χ2n) is 5.24. The van der Waals surface area contributed by atoms with E-state index in [1.165, 1.54) is 4.90 Å². The van der Waals surface area contributed by atoms with Crippen molar-refractivity contribution in [3.05, 3.63) is 48.4 Å². The number of carbonyl (C=O) groups is 2. The predicted molar refractivity (Wildman–Crippen MR) is 90.9 cm³/mol. The summed E-state index contributed by atoms with van der Waals surface area (Å²) in [6.07, 6.45) is 2.41. The van der Waals surface area contributed by atoms with Crippen molar-refractivity contribution < 1.29 is 18.7 Å². The van der Waals surface area contributed by atoms with E-state index in [4.69, 9.17) is 9.15 Å². The Balaban J connectivity index is 1.88. The summed E-state index contributed by atoms with van der Waals surface area (Å²) in [5.74, 6) is 1.01. The first-order valence-electron chi connectivity index (χ1n) is 7.87. The molecule has 0 unspecified atom stereocenters. The Hall–Kier alpha value is -2.76. The van der Waals surface area contributed by atoms with E-state index in [0.29, 0.717) is 30.8 Å². The van der Waals surface area contributed by atoms with Gasteiger partial charge in [-0.15, -0.1) is 0 Å². The number of benzene rings is 1. The lowest BCUT2D eigenvalue weighted by atomic mass is 10.2. The van der Waals surface area contributed by atoms with Crippen molar-refractivity contribution in [3.8, 4) is 5.75 Å². The molecular formula is C18H22N2O4. The Kier molecular flexibility index (Phi) is 6.42. The monoisotopic (exact) mass is 330 g/mol. The van der Waals surface area contributed by atoms with Crippen LogP contribution in [0.5, 0.6) is 5.75 Å². The molecule has 0 aliphatic rings. The van der Waals surface area contributed by atoms with Crippen LogP contribution in [0.25, 0.3) is 0 Å². The van der Waals surface area contributed by atoms with E-state index in [1.54, 1.807) is 31.6 Å². The maximum Gasteiger partial charge on any atom is 0.244 e. The molecule has 1 heterocycles. The quantitative estimate of drug-likeness (QED) is 0.808. The third-order valence-electron chi connectivity index (χ3n) is 3.62. The van der Waals surface area contributed by atoms with E-state index in [0.717, 1.165) is 5.76 Å². The third kappa shape index (κ3) is 4.87. The Bertz CT molecular complexity index is 667. The van der Waals surface area contributed by atoms with Gasteiger partial charge in [0.25, 0.3) is 0 Å². The molecule has 2 rings (SSSR count). The van der Waals surface area contributed by atoms with Gasteiger partial charge in [0.05, 0.1) is 25.6 Å². The van der Waals surface area contributed by atoms with Crippen LogP contribution in [0.15, 0.2) is 47.1 Å². The molecular weight excluding hydrogens is 308 g/mol. The maximum absolute atomic E-state index is 12.3. The maximum atomic E-state index is 12.3. The first kappa shape index (κ1) is 17.6. The predicted octanol–water partition coefficient (Wildman–Crippen LogP) is 2.71. The molecule has 1 aromatic carbocycles. The van der Waals surface area contributed by atoms with Gasteiger partial charge in [0.15, 0.2) is 0 Å². The van der Waals surface area contributed by atoms with Crippen molar-refractivity contribution in [2.75, 3.05) is 25.5 Å². The number of amides is 2. The highest BCUT2D eigenvalue weighted by Crippen LogP contribution is 2.22. The summed E-state index contributed by atoms with van der Waals surface area (Å²) in [4.78, 5) is 26.0. The SMILES string of the molecule is CCN(CC(=O)Nc1ccccc1OC)C(=O)CCc1ccco1. The van der Waals surface area contributed by atoms with Gasteiger partial charge in [0.1, 0.15) is 11.5 Å². The van der Waals surface area contributed by atoms with Crippen LogP contribution in [0.1, 0.15) is 19.1 Å². The molecule has 0 spiro atoms. The lowest BCUT2D eigenvalue weighted by molar-refractivity contribution is -0.134. The number of furan rings is 1. The van der Waals surface area contributed by atoms with Gasteiger partial charge < -0.3 is 19.4 Å². The lowest BCUT2D eigenvalue weighted by Gasteiger charge is -2.20. The van der Waals surface area contributed by atoms with Crippen LogP contribution in [-0.2, 0) is 16.0 Å². The Morgan fingerprint density at radius 2 is 2.00 bits per heavy atom. The molecule has 0 bridgehead atoms.